The molecular formula is C42H24N4S. The lowest BCUT2D eigenvalue weighted by Gasteiger charge is -2.13. The average Bonchev–Trinajstić information content (AvgIpc) is 3.79. The minimum absolute atomic E-state index is 0.607. The first-order valence-electron chi connectivity index (χ1n) is 15.6. The molecule has 0 bridgehead atoms. The minimum atomic E-state index is 0.607. The van der Waals surface area contributed by atoms with Gasteiger partial charge in [0.15, 0.2) is 5.69 Å². The molecule has 0 unspecified atom stereocenters. The van der Waals surface area contributed by atoms with Gasteiger partial charge < -0.3 is 4.57 Å². The third kappa shape index (κ3) is 3.77. The number of benzene rings is 6. The summed E-state index contributed by atoms with van der Waals surface area (Å²) in [7, 11) is 0. The number of hydrogen-bond donors (Lipinski definition) is 0. The van der Waals surface area contributed by atoms with Crippen molar-refractivity contribution in [2.45, 2.75) is 0 Å². The molecule has 10 aromatic rings. The van der Waals surface area contributed by atoms with E-state index in [9.17, 15) is 0 Å². The Bertz CT molecular complexity index is 2880. The molecule has 4 heterocycles. The Kier molecular flexibility index (Phi) is 5.48. The molecule has 5 heteroatoms. The molecule has 6 aromatic carbocycles. The summed E-state index contributed by atoms with van der Waals surface area (Å²) in [5.74, 6) is 0. The van der Waals surface area contributed by atoms with Gasteiger partial charge in [0.1, 0.15) is 5.65 Å². The van der Waals surface area contributed by atoms with Gasteiger partial charge >= 0.3 is 0 Å². The number of thiophene rings is 1. The fourth-order valence-corrected chi connectivity index (χ4v) is 8.50. The van der Waals surface area contributed by atoms with Gasteiger partial charge in [-0.3, -0.25) is 4.57 Å². The number of hydrogen-bond acceptors (Lipinski definition) is 2. The highest BCUT2D eigenvalue weighted by Gasteiger charge is 2.19. The second-order valence-electron chi connectivity index (χ2n) is 11.9. The first kappa shape index (κ1) is 26.0. The summed E-state index contributed by atoms with van der Waals surface area (Å²) in [6.07, 6.45) is 1.88. The molecule has 0 N–H and O–H groups in total. The van der Waals surface area contributed by atoms with Gasteiger partial charge in [-0.2, -0.15) is 0 Å². The molecule has 0 saturated heterocycles. The van der Waals surface area contributed by atoms with Crippen LogP contribution in [-0.4, -0.2) is 14.1 Å². The van der Waals surface area contributed by atoms with Crippen LogP contribution in [0.5, 0.6) is 0 Å². The number of para-hydroxylation sites is 2. The van der Waals surface area contributed by atoms with Crippen LogP contribution in [-0.2, 0) is 0 Å². The van der Waals surface area contributed by atoms with E-state index in [1.807, 2.05) is 35.7 Å². The molecule has 0 atom stereocenters. The van der Waals surface area contributed by atoms with Crippen molar-refractivity contribution in [1.29, 1.82) is 0 Å². The molecule has 218 valence electrons. The van der Waals surface area contributed by atoms with E-state index >= 15 is 0 Å². The van der Waals surface area contributed by atoms with Crippen LogP contribution < -0.4 is 0 Å². The van der Waals surface area contributed by atoms with E-state index in [1.165, 1.54) is 36.3 Å². The van der Waals surface area contributed by atoms with E-state index < -0.39 is 0 Å². The molecule has 0 spiro atoms. The highest BCUT2D eigenvalue weighted by atomic mass is 32.1. The fraction of sp³-hybridized carbons (Fsp3) is 0. The van der Waals surface area contributed by atoms with Crippen LogP contribution in [0.4, 0.5) is 5.69 Å². The van der Waals surface area contributed by atoms with Crippen molar-refractivity contribution in [3.63, 3.8) is 0 Å². The van der Waals surface area contributed by atoms with Crippen LogP contribution in [0.2, 0.25) is 0 Å². The average molecular weight is 617 g/mol. The standard InChI is InChI=1S/C42H24N4S/c1-43-28-22-27(24-30(25-28)45-35-16-5-2-12-31(35)32-13-3-6-17-36(32)45)26-10-8-11-29(23-26)46-37-19-20-39-41(33-14-4-7-18-38(33)47-39)40(37)34-15-9-21-44-42(34)46/h2-25H. The van der Waals surface area contributed by atoms with E-state index in [1.54, 1.807) is 0 Å². The molecule has 0 aliphatic carbocycles. The van der Waals surface area contributed by atoms with Crippen LogP contribution in [0.25, 0.3) is 91.3 Å². The van der Waals surface area contributed by atoms with Gasteiger partial charge in [-0.1, -0.05) is 66.7 Å². The predicted molar refractivity (Wildman–Crippen MR) is 198 cm³/mol. The van der Waals surface area contributed by atoms with E-state index in [0.717, 1.165) is 50.1 Å². The minimum Gasteiger partial charge on any atom is -0.310 e. The SMILES string of the molecule is [C-]#[N+]c1cc(-c2cccc(-n3c4ccc5sc6ccccc6c5c4c4cccnc43)c2)cc(-n2c3ccccc3c3ccccc32)c1. The number of pyridine rings is 1. The van der Waals surface area contributed by atoms with Gasteiger partial charge in [0.25, 0.3) is 0 Å². The van der Waals surface area contributed by atoms with Crippen molar-refractivity contribution in [1.82, 2.24) is 14.1 Å². The molecule has 4 nitrogen and oxygen atoms in total. The van der Waals surface area contributed by atoms with E-state index in [2.05, 4.69) is 135 Å². The van der Waals surface area contributed by atoms with Gasteiger partial charge in [-0.05, 0) is 83.9 Å². The highest BCUT2D eigenvalue weighted by molar-refractivity contribution is 7.26. The third-order valence-electron chi connectivity index (χ3n) is 9.34. The number of fused-ring (bicyclic) bond motifs is 10. The lowest BCUT2D eigenvalue weighted by atomic mass is 10.0. The molecule has 0 amide bonds. The van der Waals surface area contributed by atoms with Crippen LogP contribution >= 0.6 is 11.3 Å². The topological polar surface area (TPSA) is 27.1 Å². The normalized spacial score (nSPS) is 11.8. The summed E-state index contributed by atoms with van der Waals surface area (Å²) < 4.78 is 7.14. The molecule has 0 aliphatic heterocycles. The lowest BCUT2D eigenvalue weighted by Crippen LogP contribution is -1.97. The Morgan fingerprint density at radius 3 is 2.04 bits per heavy atom. The molecule has 4 aromatic heterocycles. The molecular weight excluding hydrogens is 593 g/mol. The zero-order chi connectivity index (χ0) is 31.1. The van der Waals surface area contributed by atoms with Gasteiger partial charge in [0, 0.05) is 59.3 Å². The Labute approximate surface area is 273 Å². The van der Waals surface area contributed by atoms with E-state index in [0.29, 0.717) is 5.69 Å². The van der Waals surface area contributed by atoms with E-state index in [-0.39, 0.29) is 0 Å². The Balaban J connectivity index is 1.21. The van der Waals surface area contributed by atoms with Crippen LogP contribution in [0.1, 0.15) is 0 Å². The zero-order valence-electron chi connectivity index (χ0n) is 25.1. The smallest absolute Gasteiger partial charge is 0.189 e. The van der Waals surface area contributed by atoms with Crippen molar-refractivity contribution in [2.75, 3.05) is 0 Å². The monoisotopic (exact) mass is 616 g/mol. The maximum atomic E-state index is 8.00. The van der Waals surface area contributed by atoms with E-state index in [4.69, 9.17) is 11.6 Å². The highest BCUT2D eigenvalue weighted by Crippen LogP contribution is 2.43. The first-order valence-corrected chi connectivity index (χ1v) is 16.4. The van der Waals surface area contributed by atoms with Gasteiger partial charge in [0.2, 0.25) is 0 Å². The molecule has 10 rings (SSSR count). The summed E-state index contributed by atoms with van der Waals surface area (Å²) in [5, 5.41) is 7.35. The maximum absolute atomic E-state index is 8.00. The van der Waals surface area contributed by atoms with Crippen LogP contribution in [0, 0.1) is 6.57 Å². The lowest BCUT2D eigenvalue weighted by molar-refractivity contribution is 1.14. The quantitative estimate of drug-likeness (QED) is 0.181. The molecule has 0 radical (unpaired) electrons. The van der Waals surface area contributed by atoms with Crippen molar-refractivity contribution in [2.24, 2.45) is 0 Å². The van der Waals surface area contributed by atoms with Crippen molar-refractivity contribution < 1.29 is 0 Å². The Morgan fingerprint density at radius 2 is 1.23 bits per heavy atom. The Hall–Kier alpha value is -6.22. The van der Waals surface area contributed by atoms with Crippen molar-refractivity contribution >= 4 is 80.9 Å². The predicted octanol–water partition coefficient (Wildman–Crippen LogP) is 11.9. The summed E-state index contributed by atoms with van der Waals surface area (Å²) in [5.41, 5.74) is 8.97. The summed E-state index contributed by atoms with van der Waals surface area (Å²) in [4.78, 5) is 8.84. The fourth-order valence-electron chi connectivity index (χ4n) is 7.39. The summed E-state index contributed by atoms with van der Waals surface area (Å²) in [6.45, 7) is 8.00. The maximum Gasteiger partial charge on any atom is 0.189 e. The third-order valence-corrected chi connectivity index (χ3v) is 10.5. The van der Waals surface area contributed by atoms with Crippen LogP contribution in [0.3, 0.4) is 0 Å². The second kappa shape index (κ2) is 9.89. The number of aromatic nitrogens is 3. The van der Waals surface area contributed by atoms with Crippen LogP contribution in [0.15, 0.2) is 146 Å². The second-order valence-corrected chi connectivity index (χ2v) is 13.0. The number of nitrogens with zero attached hydrogens (tertiary/aromatic N) is 4. The molecule has 0 saturated carbocycles. The van der Waals surface area contributed by atoms with Crippen molar-refractivity contribution in [3.05, 3.63) is 157 Å². The zero-order valence-corrected chi connectivity index (χ0v) is 25.9. The molecule has 47 heavy (non-hydrogen) atoms. The van der Waals surface area contributed by atoms with Gasteiger partial charge in [0.05, 0.1) is 23.1 Å². The molecule has 0 fully saturated rings. The Morgan fingerprint density at radius 1 is 0.511 bits per heavy atom. The molecule has 0 aliphatic rings. The largest absolute Gasteiger partial charge is 0.310 e. The van der Waals surface area contributed by atoms with Gasteiger partial charge in [-0.25, -0.2) is 9.83 Å². The van der Waals surface area contributed by atoms with Crippen molar-refractivity contribution in [3.8, 4) is 22.5 Å². The van der Waals surface area contributed by atoms with Gasteiger partial charge in [-0.15, -0.1) is 11.3 Å². The number of rotatable bonds is 3. The summed E-state index contributed by atoms with van der Waals surface area (Å²) >= 11 is 1.84. The summed E-state index contributed by atoms with van der Waals surface area (Å²) in [6, 6.07) is 49.2. The first-order chi connectivity index (χ1) is 23.3.